The van der Waals surface area contributed by atoms with Crippen molar-refractivity contribution in [1.82, 2.24) is 19.5 Å². The van der Waals surface area contributed by atoms with Gasteiger partial charge in [-0.25, -0.2) is 19.7 Å². The first-order valence-electron chi connectivity index (χ1n) is 12.2. The number of carboxylic acids is 1. The molecule has 10 heteroatoms. The maximum Gasteiger partial charge on any atom is 0.416 e. The molecule has 2 aromatic heterocycles. The summed E-state index contributed by atoms with van der Waals surface area (Å²) in [5.41, 5.74) is 3.14. The van der Waals surface area contributed by atoms with E-state index in [9.17, 15) is 23.1 Å². The third-order valence-electron chi connectivity index (χ3n) is 6.35. The number of rotatable bonds is 7. The molecule has 0 saturated heterocycles. The number of halogens is 3. The quantitative estimate of drug-likeness (QED) is 0.242. The summed E-state index contributed by atoms with van der Waals surface area (Å²) in [5.74, 6) is -0.977. The lowest BCUT2D eigenvalue weighted by Gasteiger charge is -2.18. The predicted octanol–water partition coefficient (Wildman–Crippen LogP) is 6.74. The Morgan fingerprint density at radius 2 is 1.69 bits per heavy atom. The van der Waals surface area contributed by atoms with Gasteiger partial charge in [-0.2, -0.15) is 13.2 Å². The fourth-order valence-corrected chi connectivity index (χ4v) is 4.40. The second-order valence-corrected chi connectivity index (χ2v) is 9.24. The summed E-state index contributed by atoms with van der Waals surface area (Å²) in [6, 6.07) is 21.8. The lowest BCUT2D eigenvalue weighted by Crippen LogP contribution is -2.14. The van der Waals surface area contributed by atoms with Crippen molar-refractivity contribution < 1.29 is 23.1 Å². The van der Waals surface area contributed by atoms with Crippen molar-refractivity contribution >= 4 is 23.0 Å². The third-order valence-corrected chi connectivity index (χ3v) is 6.35. The van der Waals surface area contributed by atoms with Crippen LogP contribution in [0.2, 0.25) is 0 Å². The molecule has 5 aromatic rings. The normalized spacial score (nSPS) is 12.4. The van der Waals surface area contributed by atoms with Gasteiger partial charge >= 0.3 is 12.1 Å². The van der Waals surface area contributed by atoms with Gasteiger partial charge in [-0.1, -0.05) is 66.2 Å². The monoisotopic (exact) mass is 531 g/mol. The molecule has 0 aliphatic heterocycles. The van der Waals surface area contributed by atoms with Crippen LogP contribution in [-0.2, 0) is 12.7 Å². The lowest BCUT2D eigenvalue weighted by atomic mass is 10.1. The fourth-order valence-electron chi connectivity index (χ4n) is 4.40. The Bertz CT molecular complexity index is 1650. The van der Waals surface area contributed by atoms with E-state index in [2.05, 4.69) is 20.3 Å². The van der Waals surface area contributed by atoms with E-state index in [0.29, 0.717) is 16.9 Å². The third kappa shape index (κ3) is 5.45. The van der Waals surface area contributed by atoms with E-state index in [0.717, 1.165) is 28.8 Å². The predicted molar refractivity (Wildman–Crippen MR) is 141 cm³/mol. The molecule has 0 amide bonds. The Morgan fingerprint density at radius 1 is 0.974 bits per heavy atom. The minimum absolute atomic E-state index is 0.155. The van der Waals surface area contributed by atoms with Gasteiger partial charge in [0, 0.05) is 12.1 Å². The van der Waals surface area contributed by atoms with Crippen molar-refractivity contribution in [2.75, 3.05) is 5.32 Å². The second-order valence-electron chi connectivity index (χ2n) is 9.24. The summed E-state index contributed by atoms with van der Waals surface area (Å²) in [7, 11) is 0. The molecule has 1 atom stereocenters. The number of carbonyl (C=O) groups is 1. The van der Waals surface area contributed by atoms with E-state index < -0.39 is 23.5 Å². The van der Waals surface area contributed by atoms with Crippen molar-refractivity contribution in [1.29, 1.82) is 0 Å². The van der Waals surface area contributed by atoms with Crippen LogP contribution < -0.4 is 5.32 Å². The Hall–Kier alpha value is -4.73. The first-order chi connectivity index (χ1) is 18.6. The number of benzene rings is 3. The molecule has 5 rings (SSSR count). The van der Waals surface area contributed by atoms with Gasteiger partial charge in [0.15, 0.2) is 11.5 Å². The molecule has 2 heterocycles. The largest absolute Gasteiger partial charge is 0.475 e. The molecule has 0 fully saturated rings. The molecule has 2 N–H and O–H groups in total. The highest BCUT2D eigenvalue weighted by molar-refractivity contribution is 5.92. The molecule has 1 unspecified atom stereocenters. The SMILES string of the molecule is Cc1cccc(-c2nc3nc(C(=O)O)nc(NC(C)c4ccccc4)c3n2Cc2ccc(C(F)(F)F)cc2)c1. The molecule has 198 valence electrons. The zero-order chi connectivity index (χ0) is 27.7. The van der Waals surface area contributed by atoms with Gasteiger partial charge in [0.25, 0.3) is 0 Å². The molecule has 0 radical (unpaired) electrons. The summed E-state index contributed by atoms with van der Waals surface area (Å²) in [6.07, 6.45) is -4.45. The molecule has 3 aromatic carbocycles. The van der Waals surface area contributed by atoms with Crippen LogP contribution >= 0.6 is 0 Å². The Labute approximate surface area is 222 Å². The minimum atomic E-state index is -4.45. The number of nitrogens with zero attached hydrogens (tertiary/aromatic N) is 4. The smallest absolute Gasteiger partial charge is 0.416 e. The van der Waals surface area contributed by atoms with Crippen LogP contribution in [0.25, 0.3) is 22.6 Å². The Kier molecular flexibility index (Phi) is 6.78. The van der Waals surface area contributed by atoms with Crippen LogP contribution in [0, 0.1) is 6.92 Å². The first-order valence-corrected chi connectivity index (χ1v) is 12.2. The minimum Gasteiger partial charge on any atom is -0.475 e. The van der Waals surface area contributed by atoms with Crippen LogP contribution in [-0.4, -0.2) is 30.6 Å². The number of imidazole rings is 1. The molecule has 0 aliphatic rings. The summed E-state index contributed by atoms with van der Waals surface area (Å²) in [6.45, 7) is 4.01. The first kappa shape index (κ1) is 25.9. The highest BCUT2D eigenvalue weighted by atomic mass is 19.4. The topological polar surface area (TPSA) is 92.9 Å². The van der Waals surface area contributed by atoms with Crippen LogP contribution in [0.1, 0.15) is 45.8 Å². The van der Waals surface area contributed by atoms with Crippen molar-refractivity contribution in [2.45, 2.75) is 32.6 Å². The van der Waals surface area contributed by atoms with Crippen LogP contribution in [0.3, 0.4) is 0 Å². The van der Waals surface area contributed by atoms with Crippen LogP contribution in [0.5, 0.6) is 0 Å². The summed E-state index contributed by atoms with van der Waals surface area (Å²) < 4.78 is 41.3. The maximum atomic E-state index is 13.2. The van der Waals surface area contributed by atoms with Gasteiger partial charge in [-0.15, -0.1) is 0 Å². The molecule has 0 aliphatic carbocycles. The maximum absolute atomic E-state index is 13.2. The molecule has 0 spiro atoms. The second kappa shape index (κ2) is 10.2. The van der Waals surface area contributed by atoms with Crippen LogP contribution in [0.4, 0.5) is 19.0 Å². The van der Waals surface area contributed by atoms with Gasteiger partial charge in [0.05, 0.1) is 11.6 Å². The van der Waals surface area contributed by atoms with Gasteiger partial charge in [0.1, 0.15) is 11.3 Å². The molecular weight excluding hydrogens is 507 g/mol. The van der Waals surface area contributed by atoms with E-state index in [4.69, 9.17) is 0 Å². The zero-order valence-corrected chi connectivity index (χ0v) is 21.1. The number of fused-ring (bicyclic) bond motifs is 1. The number of aromatic carboxylic acids is 1. The van der Waals surface area contributed by atoms with E-state index in [1.807, 2.05) is 68.4 Å². The van der Waals surface area contributed by atoms with Crippen molar-refractivity contribution in [3.8, 4) is 11.4 Å². The average molecular weight is 532 g/mol. The average Bonchev–Trinajstić information content (AvgIpc) is 3.27. The molecule has 0 saturated carbocycles. The lowest BCUT2D eigenvalue weighted by molar-refractivity contribution is -0.137. The molecule has 0 bridgehead atoms. The standard InChI is InChI=1S/C29H24F3N5O2/c1-17-7-6-10-21(15-17)27-36-25-23(37(27)16-19-11-13-22(14-12-19)29(30,31)32)24(34-26(35-25)28(38)39)33-18(2)20-8-4-3-5-9-20/h3-15,18H,16H2,1-2H3,(H,38,39)(H,33,34,35). The van der Waals surface area contributed by atoms with Gasteiger partial charge in [0.2, 0.25) is 5.82 Å². The fraction of sp³-hybridized carbons (Fsp3) is 0.172. The van der Waals surface area contributed by atoms with E-state index in [1.54, 1.807) is 4.57 Å². The molecule has 39 heavy (non-hydrogen) atoms. The van der Waals surface area contributed by atoms with Crippen molar-refractivity contribution in [3.05, 3.63) is 107 Å². The number of hydrogen-bond donors (Lipinski definition) is 2. The Morgan fingerprint density at radius 3 is 2.33 bits per heavy atom. The highest BCUT2D eigenvalue weighted by Gasteiger charge is 2.30. The Balaban J connectivity index is 1.70. The van der Waals surface area contributed by atoms with Gasteiger partial charge < -0.3 is 15.0 Å². The number of alkyl halides is 3. The highest BCUT2D eigenvalue weighted by Crippen LogP contribution is 2.33. The number of anilines is 1. The van der Waals surface area contributed by atoms with E-state index in [1.165, 1.54) is 12.1 Å². The summed E-state index contributed by atoms with van der Waals surface area (Å²) in [5, 5.41) is 13.0. The van der Waals surface area contributed by atoms with E-state index >= 15 is 0 Å². The number of aromatic nitrogens is 4. The van der Waals surface area contributed by atoms with Gasteiger partial charge in [-0.05, 0) is 43.2 Å². The molecular formula is C29H24F3N5O2. The summed E-state index contributed by atoms with van der Waals surface area (Å²) in [4.78, 5) is 25.1. The van der Waals surface area contributed by atoms with Crippen molar-refractivity contribution in [2.24, 2.45) is 0 Å². The zero-order valence-electron chi connectivity index (χ0n) is 21.1. The number of aryl methyl sites for hydroxylation is 1. The number of hydrogen-bond acceptors (Lipinski definition) is 5. The van der Waals surface area contributed by atoms with E-state index in [-0.39, 0.29) is 24.1 Å². The summed E-state index contributed by atoms with van der Waals surface area (Å²) >= 11 is 0. The number of carboxylic acid groups (broad SMARTS) is 1. The van der Waals surface area contributed by atoms with Gasteiger partial charge in [-0.3, -0.25) is 0 Å². The molecule has 7 nitrogen and oxygen atoms in total. The number of nitrogens with one attached hydrogen (secondary N) is 1. The van der Waals surface area contributed by atoms with Crippen molar-refractivity contribution in [3.63, 3.8) is 0 Å². The van der Waals surface area contributed by atoms with Crippen LogP contribution in [0.15, 0.2) is 78.9 Å².